The number of rotatable bonds is 5. The summed E-state index contributed by atoms with van der Waals surface area (Å²) in [7, 11) is 3.22. The monoisotopic (exact) mass is 284 g/mol. The molecule has 108 valence electrons. The van der Waals surface area contributed by atoms with Crippen LogP contribution in [0.3, 0.4) is 0 Å². The minimum absolute atomic E-state index is 0.122. The van der Waals surface area contributed by atoms with Crippen LogP contribution in [0.25, 0.3) is 0 Å². The molecule has 1 rings (SSSR count). The Kier molecular flexibility index (Phi) is 8.62. The number of methoxy groups -OCH3 is 1. The van der Waals surface area contributed by atoms with Crippen LogP contribution in [0.4, 0.5) is 0 Å². The summed E-state index contributed by atoms with van der Waals surface area (Å²) in [5, 5.41) is 14.4. The zero-order valence-corrected chi connectivity index (χ0v) is 13.4. The Morgan fingerprint density at radius 3 is 2.05 bits per heavy atom. The Balaban J connectivity index is 0.000000711. The average molecular weight is 284 g/mol. The van der Waals surface area contributed by atoms with E-state index in [1.807, 2.05) is 0 Å². The molecule has 0 spiro atoms. The van der Waals surface area contributed by atoms with Gasteiger partial charge < -0.3 is 13.6 Å². The first kappa shape index (κ1) is 18.1. The molecule has 0 aromatic heterocycles. The van der Waals surface area contributed by atoms with Crippen molar-refractivity contribution in [2.24, 2.45) is 0 Å². The van der Waals surface area contributed by atoms with E-state index >= 15 is 0 Å². The fraction of sp³-hybridized carbons (Fsp3) is 0.846. The van der Waals surface area contributed by atoms with E-state index in [4.69, 9.17) is 24.1 Å². The molecule has 0 aliphatic carbocycles. The standard InChI is InChI=1S/C11H24O3Si.C2N2/c1-5-8-11(12-2)9-6-7-10-15(11,13-3)14-4;3-1-2-4/h5-10H2,1-4H3;. The van der Waals surface area contributed by atoms with E-state index < -0.39 is 8.56 Å². The Bertz CT molecular complexity index is 318. The van der Waals surface area contributed by atoms with Gasteiger partial charge in [0.1, 0.15) is 5.22 Å². The number of nitrogens with zero attached hydrogens (tertiary/aromatic N) is 2. The van der Waals surface area contributed by atoms with E-state index in [2.05, 4.69) is 6.92 Å². The van der Waals surface area contributed by atoms with E-state index in [0.29, 0.717) is 0 Å². The molecule has 1 heterocycles. The zero-order chi connectivity index (χ0) is 14.8. The summed E-state index contributed by atoms with van der Waals surface area (Å²) in [6, 6.07) is 3.54. The Morgan fingerprint density at radius 1 is 1.11 bits per heavy atom. The van der Waals surface area contributed by atoms with E-state index in [1.165, 1.54) is 25.0 Å². The fourth-order valence-corrected chi connectivity index (χ4v) is 6.91. The van der Waals surface area contributed by atoms with E-state index in [1.54, 1.807) is 21.3 Å². The van der Waals surface area contributed by atoms with Crippen molar-refractivity contribution in [3.05, 3.63) is 0 Å². The van der Waals surface area contributed by atoms with Crippen LogP contribution in [0.1, 0.15) is 39.0 Å². The highest BCUT2D eigenvalue weighted by atomic mass is 28.4. The van der Waals surface area contributed by atoms with Crippen LogP contribution in [0, 0.1) is 22.7 Å². The summed E-state index contributed by atoms with van der Waals surface area (Å²) >= 11 is 0. The number of hydrogen-bond acceptors (Lipinski definition) is 5. The van der Waals surface area contributed by atoms with Crippen molar-refractivity contribution in [2.75, 3.05) is 21.3 Å². The molecular formula is C13H24N2O3Si. The van der Waals surface area contributed by atoms with E-state index in [-0.39, 0.29) is 5.22 Å². The first-order chi connectivity index (χ1) is 9.11. The summed E-state index contributed by atoms with van der Waals surface area (Å²) in [5.74, 6) is 0. The quantitative estimate of drug-likeness (QED) is 0.725. The van der Waals surface area contributed by atoms with Gasteiger partial charge in [0.05, 0.1) is 0 Å². The summed E-state index contributed by atoms with van der Waals surface area (Å²) in [5.41, 5.74) is 0. The lowest BCUT2D eigenvalue weighted by Crippen LogP contribution is -2.64. The molecule has 0 saturated carbocycles. The Morgan fingerprint density at radius 2 is 1.68 bits per heavy atom. The van der Waals surface area contributed by atoms with Crippen molar-refractivity contribution in [2.45, 2.75) is 50.3 Å². The predicted octanol–water partition coefficient (Wildman–Crippen LogP) is 2.66. The molecule has 0 aromatic carbocycles. The lowest BCUT2D eigenvalue weighted by atomic mass is 10.1. The number of hydrogen-bond donors (Lipinski definition) is 0. The third-order valence-corrected chi connectivity index (χ3v) is 8.21. The summed E-state index contributed by atoms with van der Waals surface area (Å²) in [4.78, 5) is 0. The largest absolute Gasteiger partial charge is 0.396 e. The van der Waals surface area contributed by atoms with Crippen molar-refractivity contribution >= 4 is 8.56 Å². The van der Waals surface area contributed by atoms with Gasteiger partial charge in [0.2, 0.25) is 0 Å². The van der Waals surface area contributed by atoms with Crippen molar-refractivity contribution < 1.29 is 13.6 Å². The average Bonchev–Trinajstić information content (AvgIpc) is 2.48. The van der Waals surface area contributed by atoms with Crippen LogP contribution in [-0.4, -0.2) is 35.1 Å². The molecule has 0 bridgehead atoms. The third-order valence-electron chi connectivity index (χ3n) is 3.78. The summed E-state index contributed by atoms with van der Waals surface area (Å²) in [6.45, 7) is 2.19. The molecule has 0 aromatic rings. The van der Waals surface area contributed by atoms with Crippen LogP contribution in [0.5, 0.6) is 0 Å². The first-order valence-corrected chi connectivity index (χ1v) is 8.58. The second-order valence-electron chi connectivity index (χ2n) is 4.54. The van der Waals surface area contributed by atoms with Gasteiger partial charge in [-0.05, 0) is 18.9 Å². The zero-order valence-electron chi connectivity index (χ0n) is 12.4. The molecule has 1 atom stereocenters. The van der Waals surface area contributed by atoms with Gasteiger partial charge in [0.15, 0.2) is 12.1 Å². The topological polar surface area (TPSA) is 75.3 Å². The van der Waals surface area contributed by atoms with E-state index in [9.17, 15) is 0 Å². The predicted molar refractivity (Wildman–Crippen MR) is 74.3 cm³/mol. The molecule has 1 saturated heterocycles. The van der Waals surface area contributed by atoms with Gasteiger partial charge in [-0.2, -0.15) is 10.5 Å². The van der Waals surface area contributed by atoms with Gasteiger partial charge in [0.25, 0.3) is 0 Å². The molecule has 19 heavy (non-hydrogen) atoms. The normalized spacial score (nSPS) is 24.5. The lowest BCUT2D eigenvalue weighted by molar-refractivity contribution is -0.0149. The highest BCUT2D eigenvalue weighted by molar-refractivity contribution is 6.70. The molecule has 5 nitrogen and oxygen atoms in total. The van der Waals surface area contributed by atoms with Gasteiger partial charge in [-0.3, -0.25) is 0 Å². The van der Waals surface area contributed by atoms with Crippen LogP contribution in [0.2, 0.25) is 6.04 Å². The van der Waals surface area contributed by atoms with Crippen LogP contribution in [0.15, 0.2) is 0 Å². The van der Waals surface area contributed by atoms with Crippen molar-refractivity contribution in [3.8, 4) is 12.1 Å². The van der Waals surface area contributed by atoms with Crippen molar-refractivity contribution in [1.29, 1.82) is 10.5 Å². The summed E-state index contributed by atoms with van der Waals surface area (Å²) in [6.07, 6.45) is 5.70. The van der Waals surface area contributed by atoms with Gasteiger partial charge in [-0.25, -0.2) is 0 Å². The fourth-order valence-electron chi connectivity index (χ4n) is 2.92. The third kappa shape index (κ3) is 4.02. The molecule has 0 N–H and O–H groups in total. The molecule has 6 heteroatoms. The maximum atomic E-state index is 7.26. The molecular weight excluding hydrogens is 260 g/mol. The van der Waals surface area contributed by atoms with Crippen LogP contribution >= 0.6 is 0 Å². The van der Waals surface area contributed by atoms with E-state index in [0.717, 1.165) is 25.3 Å². The highest BCUT2D eigenvalue weighted by Crippen LogP contribution is 2.42. The van der Waals surface area contributed by atoms with Gasteiger partial charge in [-0.1, -0.05) is 26.2 Å². The second-order valence-corrected chi connectivity index (χ2v) is 8.27. The van der Waals surface area contributed by atoms with Crippen LogP contribution < -0.4 is 0 Å². The minimum Gasteiger partial charge on any atom is -0.396 e. The Hall–Kier alpha value is -0.923. The molecule has 1 aliphatic heterocycles. The molecule has 0 radical (unpaired) electrons. The molecule has 1 fully saturated rings. The number of ether oxygens (including phenoxy) is 1. The maximum Gasteiger partial charge on any atom is 0.370 e. The first-order valence-electron chi connectivity index (χ1n) is 6.55. The minimum atomic E-state index is -2.15. The van der Waals surface area contributed by atoms with Crippen LogP contribution in [-0.2, 0) is 13.6 Å². The molecule has 0 amide bonds. The molecule has 1 aliphatic rings. The van der Waals surface area contributed by atoms with Gasteiger partial charge >= 0.3 is 8.56 Å². The van der Waals surface area contributed by atoms with Gasteiger partial charge in [-0.15, -0.1) is 0 Å². The highest BCUT2D eigenvalue weighted by Gasteiger charge is 2.58. The Labute approximate surface area is 117 Å². The SMILES string of the molecule is CCCC1(OC)CCCC[Si]1(OC)OC.N#CC#N. The maximum absolute atomic E-state index is 7.26. The van der Waals surface area contributed by atoms with Crippen molar-refractivity contribution in [1.82, 2.24) is 0 Å². The summed E-state index contributed by atoms with van der Waals surface area (Å²) < 4.78 is 17.4. The van der Waals surface area contributed by atoms with Crippen molar-refractivity contribution in [3.63, 3.8) is 0 Å². The lowest BCUT2D eigenvalue weighted by Gasteiger charge is -2.47. The smallest absolute Gasteiger partial charge is 0.370 e. The van der Waals surface area contributed by atoms with Gasteiger partial charge in [0, 0.05) is 21.3 Å². The molecule has 1 unspecified atom stereocenters. The number of nitriles is 2. The second kappa shape index (κ2) is 9.06.